The Hall–Kier alpha value is -2.68. The van der Waals surface area contributed by atoms with Gasteiger partial charge < -0.3 is 9.47 Å². The van der Waals surface area contributed by atoms with Crippen molar-refractivity contribution in [1.82, 2.24) is 20.6 Å². The number of nitrogens with one attached hydrogen (secondary N) is 2. The van der Waals surface area contributed by atoms with Gasteiger partial charge in [-0.2, -0.15) is 5.21 Å². The Bertz CT molecular complexity index is 962. The number of ether oxygens (including phenoxy) is 2. The third kappa shape index (κ3) is 3.80. The molecule has 8 nitrogen and oxygen atoms in total. The number of anilines is 1. The Morgan fingerprint density at radius 1 is 1.25 bits per heavy atom. The molecule has 1 aliphatic carbocycles. The standard InChI is InChI=1S/C19H23N5O3S/c1-11-9-15-13(10-14(11)26-2)16(27-12-7-5-3-4-6-8-12)17(28-15)18(25)20-19-21-23-24-22-19/h9-10,12H,3-8H2,1-2H3,(H2,20,21,22,23,24,25). The van der Waals surface area contributed by atoms with Gasteiger partial charge in [-0.15, -0.1) is 16.4 Å². The molecule has 0 spiro atoms. The zero-order valence-corrected chi connectivity index (χ0v) is 16.8. The molecule has 0 radical (unpaired) electrons. The van der Waals surface area contributed by atoms with E-state index in [0.29, 0.717) is 10.6 Å². The van der Waals surface area contributed by atoms with Crippen LogP contribution in [0.4, 0.5) is 5.95 Å². The summed E-state index contributed by atoms with van der Waals surface area (Å²) in [4.78, 5) is 13.4. The van der Waals surface area contributed by atoms with Gasteiger partial charge in [-0.05, 0) is 55.5 Å². The minimum absolute atomic E-state index is 0.115. The number of fused-ring (bicyclic) bond motifs is 1. The van der Waals surface area contributed by atoms with Crippen LogP contribution in [0.15, 0.2) is 12.1 Å². The summed E-state index contributed by atoms with van der Waals surface area (Å²) < 4.78 is 12.9. The van der Waals surface area contributed by atoms with Crippen LogP contribution in [-0.4, -0.2) is 39.7 Å². The van der Waals surface area contributed by atoms with E-state index in [1.807, 2.05) is 19.1 Å². The molecule has 4 rings (SSSR count). The molecule has 1 amide bonds. The van der Waals surface area contributed by atoms with Gasteiger partial charge in [-0.1, -0.05) is 17.9 Å². The molecule has 0 unspecified atom stereocenters. The monoisotopic (exact) mass is 401 g/mol. The number of H-pyrrole nitrogens is 1. The van der Waals surface area contributed by atoms with E-state index >= 15 is 0 Å². The zero-order chi connectivity index (χ0) is 19.5. The molecule has 1 saturated carbocycles. The molecule has 0 bridgehead atoms. The SMILES string of the molecule is COc1cc2c(OC3CCCCCC3)c(C(=O)Nc3nn[nH]n3)sc2cc1C. The summed E-state index contributed by atoms with van der Waals surface area (Å²) in [6.07, 6.45) is 6.91. The highest BCUT2D eigenvalue weighted by Crippen LogP contribution is 2.42. The molecule has 148 valence electrons. The minimum atomic E-state index is -0.303. The van der Waals surface area contributed by atoms with Gasteiger partial charge in [0, 0.05) is 10.1 Å². The van der Waals surface area contributed by atoms with Crippen molar-refractivity contribution in [2.45, 2.75) is 51.6 Å². The minimum Gasteiger partial charge on any atom is -0.496 e. The largest absolute Gasteiger partial charge is 0.496 e. The molecule has 1 aliphatic rings. The molecule has 0 aliphatic heterocycles. The number of aromatic nitrogens is 4. The summed E-state index contributed by atoms with van der Waals surface area (Å²) in [6.45, 7) is 1.99. The molecule has 2 heterocycles. The second-order valence-corrected chi connectivity index (χ2v) is 8.05. The number of methoxy groups -OCH3 is 1. The van der Waals surface area contributed by atoms with E-state index < -0.39 is 0 Å². The first-order valence-corrected chi connectivity index (χ1v) is 10.3. The fourth-order valence-corrected chi connectivity index (χ4v) is 4.70. The van der Waals surface area contributed by atoms with Gasteiger partial charge in [0.2, 0.25) is 0 Å². The molecular weight excluding hydrogens is 378 g/mol. The Kier molecular flexibility index (Phi) is 5.43. The highest BCUT2D eigenvalue weighted by atomic mass is 32.1. The summed E-state index contributed by atoms with van der Waals surface area (Å²) >= 11 is 1.40. The number of carbonyl (C=O) groups is 1. The van der Waals surface area contributed by atoms with Gasteiger partial charge in [-0.25, -0.2) is 0 Å². The van der Waals surface area contributed by atoms with Gasteiger partial charge >= 0.3 is 0 Å². The number of tetrazole rings is 1. The van der Waals surface area contributed by atoms with E-state index in [1.54, 1.807) is 7.11 Å². The van der Waals surface area contributed by atoms with E-state index in [2.05, 4.69) is 25.9 Å². The molecule has 1 aromatic carbocycles. The first kappa shape index (κ1) is 18.7. The van der Waals surface area contributed by atoms with E-state index in [-0.39, 0.29) is 18.0 Å². The quantitative estimate of drug-likeness (QED) is 0.625. The highest BCUT2D eigenvalue weighted by molar-refractivity contribution is 7.21. The number of benzene rings is 1. The Balaban J connectivity index is 1.74. The van der Waals surface area contributed by atoms with Crippen molar-refractivity contribution in [3.05, 3.63) is 22.6 Å². The van der Waals surface area contributed by atoms with E-state index in [0.717, 1.165) is 47.1 Å². The lowest BCUT2D eigenvalue weighted by Gasteiger charge is -2.18. The lowest BCUT2D eigenvalue weighted by atomic mass is 10.1. The van der Waals surface area contributed by atoms with Gasteiger partial charge in [0.25, 0.3) is 11.9 Å². The summed E-state index contributed by atoms with van der Waals surface area (Å²) in [6, 6.07) is 3.99. The van der Waals surface area contributed by atoms with Crippen molar-refractivity contribution in [3.8, 4) is 11.5 Å². The number of rotatable bonds is 5. The Morgan fingerprint density at radius 3 is 2.71 bits per heavy atom. The molecule has 2 aromatic heterocycles. The average molecular weight is 401 g/mol. The van der Waals surface area contributed by atoms with Crippen LogP contribution in [0.25, 0.3) is 10.1 Å². The number of hydrogen-bond acceptors (Lipinski definition) is 7. The number of aryl methyl sites for hydroxylation is 1. The number of hydrogen-bond donors (Lipinski definition) is 2. The predicted octanol–water partition coefficient (Wildman–Crippen LogP) is 4.09. The molecular formula is C19H23N5O3S. The van der Waals surface area contributed by atoms with Crippen LogP contribution in [0.3, 0.4) is 0 Å². The molecule has 1 fully saturated rings. The second kappa shape index (κ2) is 8.14. The first-order valence-electron chi connectivity index (χ1n) is 9.48. The van der Waals surface area contributed by atoms with E-state index in [1.165, 1.54) is 24.2 Å². The number of nitrogens with zero attached hydrogens (tertiary/aromatic N) is 3. The van der Waals surface area contributed by atoms with Crippen LogP contribution in [0.1, 0.15) is 53.8 Å². The number of aromatic amines is 1. The lowest BCUT2D eigenvalue weighted by molar-refractivity contribution is 0.102. The molecule has 9 heteroatoms. The van der Waals surface area contributed by atoms with Crippen molar-refractivity contribution >= 4 is 33.3 Å². The fourth-order valence-electron chi connectivity index (χ4n) is 3.59. The van der Waals surface area contributed by atoms with Gasteiger partial charge in [0.1, 0.15) is 10.6 Å². The topological polar surface area (TPSA) is 102 Å². The number of amides is 1. The van der Waals surface area contributed by atoms with Crippen LogP contribution in [0.5, 0.6) is 11.5 Å². The van der Waals surface area contributed by atoms with Gasteiger partial charge in [0.05, 0.1) is 13.2 Å². The lowest BCUT2D eigenvalue weighted by Crippen LogP contribution is -2.18. The Morgan fingerprint density at radius 2 is 2.04 bits per heavy atom. The molecule has 2 N–H and O–H groups in total. The summed E-state index contributed by atoms with van der Waals surface area (Å²) in [5.41, 5.74) is 1.02. The van der Waals surface area contributed by atoms with Crippen molar-refractivity contribution in [2.24, 2.45) is 0 Å². The summed E-state index contributed by atoms with van der Waals surface area (Å²) in [7, 11) is 1.65. The van der Waals surface area contributed by atoms with E-state index in [4.69, 9.17) is 9.47 Å². The third-order valence-electron chi connectivity index (χ3n) is 5.02. The van der Waals surface area contributed by atoms with Crippen molar-refractivity contribution in [3.63, 3.8) is 0 Å². The molecule has 3 aromatic rings. The maximum absolute atomic E-state index is 12.9. The van der Waals surface area contributed by atoms with Crippen molar-refractivity contribution in [1.29, 1.82) is 0 Å². The maximum Gasteiger partial charge on any atom is 0.272 e. The van der Waals surface area contributed by atoms with Crippen LogP contribution in [-0.2, 0) is 0 Å². The van der Waals surface area contributed by atoms with Crippen LogP contribution in [0.2, 0.25) is 0 Å². The van der Waals surface area contributed by atoms with Gasteiger partial charge in [0.15, 0.2) is 5.75 Å². The predicted molar refractivity (Wildman–Crippen MR) is 107 cm³/mol. The maximum atomic E-state index is 12.9. The molecule has 0 saturated heterocycles. The fraction of sp³-hybridized carbons (Fsp3) is 0.474. The second-order valence-electron chi connectivity index (χ2n) is 7.00. The summed E-state index contributed by atoms with van der Waals surface area (Å²) in [5.74, 6) is 1.23. The Labute approximate surface area is 166 Å². The normalized spacial score (nSPS) is 15.4. The smallest absolute Gasteiger partial charge is 0.272 e. The van der Waals surface area contributed by atoms with Crippen molar-refractivity contribution < 1.29 is 14.3 Å². The summed E-state index contributed by atoms with van der Waals surface area (Å²) in [5, 5.41) is 17.0. The zero-order valence-electron chi connectivity index (χ0n) is 15.9. The average Bonchev–Trinajstić information content (AvgIpc) is 3.22. The highest BCUT2D eigenvalue weighted by Gasteiger charge is 2.25. The molecule has 28 heavy (non-hydrogen) atoms. The number of thiophene rings is 1. The van der Waals surface area contributed by atoms with Crippen LogP contribution in [0, 0.1) is 6.92 Å². The third-order valence-corrected chi connectivity index (χ3v) is 6.16. The van der Waals surface area contributed by atoms with Crippen LogP contribution >= 0.6 is 11.3 Å². The van der Waals surface area contributed by atoms with E-state index in [9.17, 15) is 4.79 Å². The van der Waals surface area contributed by atoms with Gasteiger partial charge in [-0.3, -0.25) is 10.1 Å². The first-order chi connectivity index (χ1) is 13.7. The molecule has 0 atom stereocenters. The van der Waals surface area contributed by atoms with Crippen molar-refractivity contribution in [2.75, 3.05) is 12.4 Å². The van der Waals surface area contributed by atoms with Crippen LogP contribution < -0.4 is 14.8 Å². The number of carbonyl (C=O) groups excluding carboxylic acids is 1.